The van der Waals surface area contributed by atoms with E-state index in [2.05, 4.69) is 11.4 Å². The van der Waals surface area contributed by atoms with Crippen molar-refractivity contribution in [1.82, 2.24) is 9.80 Å². The quantitative estimate of drug-likeness (QED) is 0.715. The molecule has 1 atom stereocenters. The average Bonchev–Trinajstić information content (AvgIpc) is 3.46. The zero-order chi connectivity index (χ0) is 19.5. The molecule has 0 N–H and O–H groups in total. The Morgan fingerprint density at radius 3 is 2.71 bits per heavy atom. The minimum Gasteiger partial charge on any atom is -0.491 e. The maximum Gasteiger partial charge on any atom is 0.242 e. The topological polar surface area (TPSA) is 49.9 Å². The van der Waals surface area contributed by atoms with E-state index in [4.69, 9.17) is 4.74 Å². The number of nitrogens with zero attached hydrogens (tertiary/aromatic N) is 2. The van der Waals surface area contributed by atoms with Gasteiger partial charge in [-0.3, -0.25) is 9.59 Å². The normalized spacial score (nSPS) is 18.5. The van der Waals surface area contributed by atoms with Crippen molar-refractivity contribution in [1.29, 1.82) is 0 Å². The highest BCUT2D eigenvalue weighted by Crippen LogP contribution is 2.34. The first-order valence-corrected chi connectivity index (χ1v) is 10.9. The monoisotopic (exact) mass is 398 g/mol. The summed E-state index contributed by atoms with van der Waals surface area (Å²) >= 11 is 1.74. The van der Waals surface area contributed by atoms with Crippen molar-refractivity contribution in [3.63, 3.8) is 0 Å². The van der Waals surface area contributed by atoms with E-state index in [-0.39, 0.29) is 30.4 Å². The zero-order valence-corrected chi connectivity index (χ0v) is 17.0. The third kappa shape index (κ3) is 4.07. The smallest absolute Gasteiger partial charge is 0.242 e. The number of amides is 2. The Bertz CT molecular complexity index is 831. The molecule has 148 valence electrons. The molecule has 0 bridgehead atoms. The van der Waals surface area contributed by atoms with E-state index in [1.54, 1.807) is 16.2 Å². The average molecular weight is 399 g/mol. The van der Waals surface area contributed by atoms with E-state index < -0.39 is 0 Å². The Hall–Kier alpha value is -2.34. The maximum absolute atomic E-state index is 13.2. The van der Waals surface area contributed by atoms with Gasteiger partial charge < -0.3 is 14.5 Å². The van der Waals surface area contributed by atoms with Crippen LogP contribution in [0.15, 0.2) is 41.8 Å². The van der Waals surface area contributed by atoms with Gasteiger partial charge in [0.2, 0.25) is 11.8 Å². The Labute approximate surface area is 169 Å². The van der Waals surface area contributed by atoms with Crippen molar-refractivity contribution in [2.75, 3.05) is 19.7 Å². The van der Waals surface area contributed by atoms with Gasteiger partial charge in [-0.1, -0.05) is 25.1 Å². The predicted molar refractivity (Wildman–Crippen MR) is 109 cm³/mol. The number of ether oxygens (including phenoxy) is 1. The van der Waals surface area contributed by atoms with Crippen LogP contribution in [0.2, 0.25) is 0 Å². The molecular formula is C22H26N2O3S. The van der Waals surface area contributed by atoms with Crippen LogP contribution in [0.4, 0.5) is 0 Å². The first-order valence-electron chi connectivity index (χ1n) is 10.0. The molecule has 6 heteroatoms. The lowest BCUT2D eigenvalue weighted by Crippen LogP contribution is -2.48. The molecule has 1 fully saturated rings. The molecule has 1 unspecified atom stereocenters. The molecule has 28 heavy (non-hydrogen) atoms. The van der Waals surface area contributed by atoms with E-state index in [0.29, 0.717) is 19.6 Å². The van der Waals surface area contributed by atoms with Crippen LogP contribution in [-0.4, -0.2) is 47.4 Å². The first-order chi connectivity index (χ1) is 13.7. The van der Waals surface area contributed by atoms with E-state index in [0.717, 1.165) is 25.0 Å². The van der Waals surface area contributed by atoms with Crippen LogP contribution in [0.25, 0.3) is 0 Å². The zero-order valence-electron chi connectivity index (χ0n) is 16.2. The lowest BCUT2D eigenvalue weighted by molar-refractivity contribution is -0.143. The van der Waals surface area contributed by atoms with E-state index in [9.17, 15) is 9.59 Å². The molecule has 0 saturated heterocycles. The number of benzene rings is 1. The van der Waals surface area contributed by atoms with Gasteiger partial charge in [-0.25, -0.2) is 0 Å². The number of fused-ring (bicyclic) bond motifs is 1. The van der Waals surface area contributed by atoms with Gasteiger partial charge >= 0.3 is 0 Å². The molecule has 2 amide bonds. The van der Waals surface area contributed by atoms with Crippen LogP contribution in [0.1, 0.15) is 42.7 Å². The number of thiophene rings is 1. The minimum atomic E-state index is -0.111. The Morgan fingerprint density at radius 1 is 1.21 bits per heavy atom. The summed E-state index contributed by atoms with van der Waals surface area (Å²) in [4.78, 5) is 30.5. The summed E-state index contributed by atoms with van der Waals surface area (Å²) in [5, 5.41) is 2.09. The van der Waals surface area contributed by atoms with Crippen molar-refractivity contribution in [2.24, 2.45) is 0 Å². The summed E-state index contributed by atoms with van der Waals surface area (Å²) in [6, 6.07) is 11.9. The molecule has 1 aliphatic heterocycles. The lowest BCUT2D eigenvalue weighted by Gasteiger charge is -2.37. The molecular weight excluding hydrogens is 372 g/mol. The van der Waals surface area contributed by atoms with Gasteiger partial charge in [-0.05, 0) is 48.4 Å². The molecule has 2 aliphatic rings. The van der Waals surface area contributed by atoms with Crippen molar-refractivity contribution in [3.8, 4) is 5.75 Å². The van der Waals surface area contributed by atoms with Gasteiger partial charge in [0.15, 0.2) is 0 Å². The van der Waals surface area contributed by atoms with Crippen LogP contribution < -0.4 is 4.74 Å². The Morgan fingerprint density at radius 2 is 2.00 bits per heavy atom. The predicted octanol–water partition coefficient (Wildman–Crippen LogP) is 3.65. The highest BCUT2D eigenvalue weighted by atomic mass is 32.1. The second-order valence-electron chi connectivity index (χ2n) is 7.38. The van der Waals surface area contributed by atoms with Crippen LogP contribution in [-0.2, 0) is 16.0 Å². The van der Waals surface area contributed by atoms with Gasteiger partial charge in [-0.15, -0.1) is 11.3 Å². The van der Waals surface area contributed by atoms with Gasteiger partial charge in [0.05, 0.1) is 6.04 Å². The minimum absolute atomic E-state index is 0.0206. The van der Waals surface area contributed by atoms with Gasteiger partial charge in [0.1, 0.15) is 18.9 Å². The summed E-state index contributed by atoms with van der Waals surface area (Å²) in [5.74, 6) is 0.895. The Balaban J connectivity index is 1.50. The molecule has 4 rings (SSSR count). The molecule has 2 heterocycles. The summed E-state index contributed by atoms with van der Waals surface area (Å²) < 4.78 is 6.02. The molecule has 1 aromatic heterocycles. The second kappa shape index (κ2) is 8.35. The fourth-order valence-corrected chi connectivity index (χ4v) is 4.74. The summed E-state index contributed by atoms with van der Waals surface area (Å²) in [6.45, 7) is 3.13. The Kier molecular flexibility index (Phi) is 5.67. The molecule has 1 aromatic carbocycles. The van der Waals surface area contributed by atoms with Gasteiger partial charge in [-0.2, -0.15) is 0 Å². The molecule has 5 nitrogen and oxygen atoms in total. The summed E-state index contributed by atoms with van der Waals surface area (Å²) in [7, 11) is 0. The van der Waals surface area contributed by atoms with Crippen molar-refractivity contribution in [2.45, 2.75) is 44.7 Å². The number of hydrogen-bond acceptors (Lipinski definition) is 4. The fourth-order valence-electron chi connectivity index (χ4n) is 3.81. The third-order valence-electron chi connectivity index (χ3n) is 5.48. The maximum atomic E-state index is 13.2. The SMILES string of the molecule is CCC(=O)N(CC(=O)N1CCc2sccc2C1COc1ccccc1)C1CC1. The molecule has 1 saturated carbocycles. The number of rotatable bonds is 7. The molecule has 1 aliphatic carbocycles. The summed E-state index contributed by atoms with van der Waals surface area (Å²) in [5.41, 5.74) is 1.18. The highest BCUT2D eigenvalue weighted by molar-refractivity contribution is 7.10. The van der Waals surface area contributed by atoms with Crippen molar-refractivity contribution < 1.29 is 14.3 Å². The van der Waals surface area contributed by atoms with Gasteiger partial charge in [0.25, 0.3) is 0 Å². The van der Waals surface area contributed by atoms with E-state index in [1.807, 2.05) is 42.2 Å². The number of carbonyl (C=O) groups is 2. The number of para-hydroxylation sites is 1. The van der Waals surface area contributed by atoms with Crippen molar-refractivity contribution in [3.05, 3.63) is 52.2 Å². The largest absolute Gasteiger partial charge is 0.491 e. The van der Waals surface area contributed by atoms with E-state index >= 15 is 0 Å². The standard InChI is InChI=1S/C22H26N2O3S/c1-2-21(25)24(16-8-9-16)14-22(26)23-12-10-20-18(11-13-28-20)19(23)15-27-17-6-4-3-5-7-17/h3-7,11,13,16,19H,2,8-10,12,14-15H2,1H3. The fraction of sp³-hybridized carbons (Fsp3) is 0.455. The molecule has 0 radical (unpaired) electrons. The third-order valence-corrected chi connectivity index (χ3v) is 6.48. The second-order valence-corrected chi connectivity index (χ2v) is 8.38. The number of hydrogen-bond donors (Lipinski definition) is 0. The van der Waals surface area contributed by atoms with Crippen LogP contribution in [0.3, 0.4) is 0 Å². The van der Waals surface area contributed by atoms with E-state index in [1.165, 1.54) is 10.4 Å². The molecule has 0 spiro atoms. The lowest BCUT2D eigenvalue weighted by atomic mass is 10.0. The molecule has 2 aromatic rings. The van der Waals surface area contributed by atoms with Gasteiger partial charge in [0, 0.05) is 23.9 Å². The van der Waals surface area contributed by atoms with Crippen LogP contribution in [0, 0.1) is 0 Å². The van der Waals surface area contributed by atoms with Crippen LogP contribution >= 0.6 is 11.3 Å². The summed E-state index contributed by atoms with van der Waals surface area (Å²) in [6.07, 6.45) is 3.33. The highest BCUT2D eigenvalue weighted by Gasteiger charge is 2.37. The number of carbonyl (C=O) groups excluding carboxylic acids is 2. The van der Waals surface area contributed by atoms with Crippen molar-refractivity contribution >= 4 is 23.2 Å². The van der Waals surface area contributed by atoms with Crippen LogP contribution in [0.5, 0.6) is 5.75 Å². The first kappa shape index (κ1) is 19.0.